The topological polar surface area (TPSA) is 200 Å². The van der Waals surface area contributed by atoms with Crippen molar-refractivity contribution in [3.8, 4) is 0 Å². The second kappa shape index (κ2) is 6.54. The second-order valence-corrected chi connectivity index (χ2v) is 5.01. The van der Waals surface area contributed by atoms with Crippen LogP contribution in [0.5, 0.6) is 0 Å². The van der Waals surface area contributed by atoms with Crippen LogP contribution in [0.2, 0.25) is 0 Å². The minimum atomic E-state index is -2.86. The van der Waals surface area contributed by atoms with E-state index in [1.807, 2.05) is 0 Å². The van der Waals surface area contributed by atoms with Gasteiger partial charge in [-0.15, -0.1) is 0 Å². The highest BCUT2D eigenvalue weighted by atomic mass is 16.7. The minimum Gasteiger partial charge on any atom is -0.477 e. The molecule has 126 valence electrons. The van der Waals surface area contributed by atoms with Crippen LogP contribution in [0.1, 0.15) is 13.3 Å². The number of carbonyl (C=O) groups is 3. The van der Waals surface area contributed by atoms with Crippen molar-refractivity contribution in [2.24, 2.45) is 5.73 Å². The molecule has 0 aromatic rings. The fourth-order valence-corrected chi connectivity index (χ4v) is 2.16. The summed E-state index contributed by atoms with van der Waals surface area (Å²) in [7, 11) is 0. The van der Waals surface area contributed by atoms with E-state index in [-0.39, 0.29) is 0 Å². The first kappa shape index (κ1) is 18.3. The molecule has 6 atom stereocenters. The zero-order valence-corrected chi connectivity index (χ0v) is 11.5. The fraction of sp³-hybridized carbons (Fsp3) is 0.727. The molecule has 0 aromatic heterocycles. The lowest BCUT2D eigenvalue weighted by atomic mass is 9.88. The van der Waals surface area contributed by atoms with Crippen molar-refractivity contribution >= 4 is 17.8 Å². The SMILES string of the molecule is CC(=O)N[C@H]1C([C@H](O)[C@H](O)C(N)=O)O[C@](O)(C(=O)O)C[C@@H]1O. The number of hydrogen-bond acceptors (Lipinski definition) is 8. The lowest BCUT2D eigenvalue weighted by Gasteiger charge is -2.44. The van der Waals surface area contributed by atoms with Crippen LogP contribution in [0.4, 0.5) is 0 Å². The number of amides is 2. The predicted molar refractivity (Wildman–Crippen MR) is 66.9 cm³/mol. The Hall–Kier alpha value is -1.79. The number of hydrogen-bond donors (Lipinski definition) is 7. The number of aliphatic carboxylic acids is 1. The average Bonchev–Trinajstić information content (AvgIpc) is 2.39. The van der Waals surface area contributed by atoms with Gasteiger partial charge in [0.2, 0.25) is 11.8 Å². The van der Waals surface area contributed by atoms with Gasteiger partial charge in [-0.05, 0) is 0 Å². The molecule has 11 heteroatoms. The van der Waals surface area contributed by atoms with Gasteiger partial charge in [0.15, 0.2) is 6.10 Å². The van der Waals surface area contributed by atoms with Gasteiger partial charge in [0.05, 0.1) is 12.1 Å². The summed E-state index contributed by atoms with van der Waals surface area (Å²) >= 11 is 0. The van der Waals surface area contributed by atoms with Gasteiger partial charge in [-0.1, -0.05) is 0 Å². The van der Waals surface area contributed by atoms with Crippen LogP contribution in [0, 0.1) is 0 Å². The zero-order chi connectivity index (χ0) is 17.2. The number of nitrogens with one attached hydrogen (secondary N) is 1. The number of carboxylic acid groups (broad SMARTS) is 1. The van der Waals surface area contributed by atoms with Crippen LogP contribution in [0.25, 0.3) is 0 Å². The molecule has 22 heavy (non-hydrogen) atoms. The molecule has 0 radical (unpaired) electrons. The standard InChI is InChI=1S/C11H18N2O9/c1-3(14)13-5-4(15)2-11(21,10(19)20)22-8(5)6(16)7(17)9(12)18/h4-8,15-17,21H,2H2,1H3,(H2,12,18)(H,13,14)(H,19,20)/t4-,5+,6+,7-,8?,11-/m0/s1. The van der Waals surface area contributed by atoms with E-state index in [0.29, 0.717) is 0 Å². The van der Waals surface area contributed by atoms with E-state index in [4.69, 9.17) is 15.6 Å². The smallest absolute Gasteiger partial charge is 0.364 e. The lowest BCUT2D eigenvalue weighted by molar-refractivity contribution is -0.293. The summed E-state index contributed by atoms with van der Waals surface area (Å²) in [6, 6.07) is -1.37. The number of rotatable bonds is 5. The number of aliphatic hydroxyl groups excluding tert-OH is 3. The highest BCUT2D eigenvalue weighted by Gasteiger charge is 2.54. The van der Waals surface area contributed by atoms with Gasteiger partial charge in [0, 0.05) is 13.3 Å². The van der Waals surface area contributed by atoms with Crippen LogP contribution in [-0.4, -0.2) is 79.6 Å². The zero-order valence-electron chi connectivity index (χ0n) is 11.5. The Morgan fingerprint density at radius 2 is 1.91 bits per heavy atom. The van der Waals surface area contributed by atoms with Crippen LogP contribution >= 0.6 is 0 Å². The number of nitrogens with two attached hydrogens (primary N) is 1. The van der Waals surface area contributed by atoms with Gasteiger partial charge in [-0.2, -0.15) is 0 Å². The highest BCUT2D eigenvalue weighted by molar-refractivity contribution is 5.79. The van der Waals surface area contributed by atoms with Crippen molar-refractivity contribution in [2.45, 2.75) is 49.6 Å². The van der Waals surface area contributed by atoms with Gasteiger partial charge in [0.25, 0.3) is 5.79 Å². The van der Waals surface area contributed by atoms with Crippen LogP contribution in [0.15, 0.2) is 0 Å². The molecule has 0 spiro atoms. The molecule has 1 aliphatic heterocycles. The molecule has 1 heterocycles. The Kier molecular flexibility index (Phi) is 5.43. The first-order valence-electron chi connectivity index (χ1n) is 6.24. The normalized spacial score (nSPS) is 34.5. The Balaban J connectivity index is 3.13. The number of carbonyl (C=O) groups excluding carboxylic acids is 2. The van der Waals surface area contributed by atoms with Crippen LogP contribution in [0.3, 0.4) is 0 Å². The van der Waals surface area contributed by atoms with E-state index in [2.05, 4.69) is 5.32 Å². The molecule has 0 aliphatic carbocycles. The van der Waals surface area contributed by atoms with Crippen molar-refractivity contribution < 1.29 is 44.7 Å². The molecule has 1 aliphatic rings. The highest BCUT2D eigenvalue weighted by Crippen LogP contribution is 2.30. The first-order chi connectivity index (χ1) is 9.99. The quantitative estimate of drug-likeness (QED) is 0.261. The van der Waals surface area contributed by atoms with E-state index in [0.717, 1.165) is 6.92 Å². The van der Waals surface area contributed by atoms with Crippen LogP contribution < -0.4 is 11.1 Å². The Morgan fingerprint density at radius 3 is 2.32 bits per heavy atom. The number of primary amides is 1. The van der Waals surface area contributed by atoms with Gasteiger partial charge < -0.3 is 41.3 Å². The van der Waals surface area contributed by atoms with E-state index >= 15 is 0 Å². The van der Waals surface area contributed by atoms with Gasteiger partial charge >= 0.3 is 5.97 Å². The molecular formula is C11H18N2O9. The van der Waals surface area contributed by atoms with E-state index in [1.165, 1.54) is 0 Å². The lowest BCUT2D eigenvalue weighted by Crippen LogP contribution is -2.67. The maximum absolute atomic E-state index is 11.1. The van der Waals surface area contributed by atoms with Crippen LogP contribution in [-0.2, 0) is 19.1 Å². The molecule has 0 aromatic carbocycles. The number of ether oxygens (including phenoxy) is 1. The number of aliphatic hydroxyl groups is 4. The second-order valence-electron chi connectivity index (χ2n) is 5.01. The maximum Gasteiger partial charge on any atom is 0.364 e. The van der Waals surface area contributed by atoms with Crippen molar-refractivity contribution in [1.29, 1.82) is 0 Å². The molecule has 8 N–H and O–H groups in total. The summed E-state index contributed by atoms with van der Waals surface area (Å²) in [6.07, 6.45) is -8.47. The van der Waals surface area contributed by atoms with E-state index in [9.17, 15) is 34.8 Å². The van der Waals surface area contributed by atoms with Crippen molar-refractivity contribution in [1.82, 2.24) is 5.32 Å². The third kappa shape index (κ3) is 3.69. The molecule has 2 amide bonds. The molecule has 1 saturated heterocycles. The Bertz CT molecular complexity index is 470. The van der Waals surface area contributed by atoms with Gasteiger partial charge in [-0.3, -0.25) is 9.59 Å². The summed E-state index contributed by atoms with van der Waals surface area (Å²) in [6.45, 7) is 1.08. The summed E-state index contributed by atoms with van der Waals surface area (Å²) in [5.74, 6) is -6.70. The van der Waals surface area contributed by atoms with Gasteiger partial charge in [-0.25, -0.2) is 4.79 Å². The Morgan fingerprint density at radius 1 is 1.36 bits per heavy atom. The molecule has 0 bridgehead atoms. The molecule has 1 fully saturated rings. The van der Waals surface area contributed by atoms with Gasteiger partial charge in [0.1, 0.15) is 12.2 Å². The molecule has 0 saturated carbocycles. The maximum atomic E-state index is 11.1. The molecule has 1 rings (SSSR count). The molecular weight excluding hydrogens is 304 g/mol. The summed E-state index contributed by atoms with van der Waals surface area (Å²) in [5, 5.41) is 50.2. The van der Waals surface area contributed by atoms with Crippen molar-refractivity contribution in [3.63, 3.8) is 0 Å². The minimum absolute atomic E-state index is 0.654. The number of carboxylic acids is 1. The predicted octanol–water partition coefficient (Wildman–Crippen LogP) is -4.38. The van der Waals surface area contributed by atoms with E-state index < -0.39 is 60.4 Å². The van der Waals surface area contributed by atoms with E-state index in [1.54, 1.807) is 0 Å². The summed E-state index contributed by atoms with van der Waals surface area (Å²) in [5.41, 5.74) is 4.82. The molecule has 11 nitrogen and oxygen atoms in total. The van der Waals surface area contributed by atoms with Crippen molar-refractivity contribution in [3.05, 3.63) is 0 Å². The third-order valence-electron chi connectivity index (χ3n) is 3.24. The summed E-state index contributed by atoms with van der Waals surface area (Å²) < 4.78 is 4.82. The molecule has 1 unspecified atom stereocenters. The monoisotopic (exact) mass is 322 g/mol. The largest absolute Gasteiger partial charge is 0.477 e. The third-order valence-corrected chi connectivity index (χ3v) is 3.24. The Labute approximate surface area is 124 Å². The summed E-state index contributed by atoms with van der Waals surface area (Å²) in [4.78, 5) is 33.1. The average molecular weight is 322 g/mol. The first-order valence-corrected chi connectivity index (χ1v) is 6.24. The van der Waals surface area contributed by atoms with Crippen molar-refractivity contribution in [2.75, 3.05) is 0 Å². The fourth-order valence-electron chi connectivity index (χ4n) is 2.16.